The lowest BCUT2D eigenvalue weighted by atomic mass is 9.70. The van der Waals surface area contributed by atoms with Crippen LogP contribution >= 0.6 is 0 Å². The quantitative estimate of drug-likeness (QED) is 0.164. The van der Waals surface area contributed by atoms with Crippen LogP contribution in [0, 0.1) is 11.3 Å². The number of benzene rings is 2. The van der Waals surface area contributed by atoms with E-state index in [9.17, 15) is 19.6 Å². The molecule has 7 rings (SSSR count). The first-order chi connectivity index (χ1) is 26.5. The van der Waals surface area contributed by atoms with Gasteiger partial charge in [0.15, 0.2) is 5.78 Å². The number of nitrogen functional groups attached to an aromatic ring is 1. The van der Waals surface area contributed by atoms with Crippen LogP contribution in [0.2, 0.25) is 0 Å². The number of nitrogens with one attached hydrogen (secondary N) is 2. The van der Waals surface area contributed by atoms with Gasteiger partial charge >= 0.3 is 0 Å². The van der Waals surface area contributed by atoms with Crippen LogP contribution in [0.5, 0.6) is 0 Å². The Labute approximate surface area is 323 Å². The van der Waals surface area contributed by atoms with E-state index in [1.165, 1.54) is 0 Å². The van der Waals surface area contributed by atoms with Gasteiger partial charge in [-0.05, 0) is 92.1 Å². The molecule has 0 unspecified atom stereocenters. The first kappa shape index (κ1) is 38.0. The number of carbonyl (C=O) groups excluding carboxylic acids is 3. The number of carbonyl (C=O) groups is 3. The number of ketones is 1. The fraction of sp³-hybridized carbons (Fsp3) is 0.465. The van der Waals surface area contributed by atoms with Crippen LogP contribution in [-0.4, -0.2) is 95.3 Å². The minimum absolute atomic E-state index is 0.0189. The number of likely N-dealkylation sites (tertiary alicyclic amines) is 1. The number of aromatic nitrogens is 2. The summed E-state index contributed by atoms with van der Waals surface area (Å²) >= 11 is 0. The predicted octanol–water partition coefficient (Wildman–Crippen LogP) is 4.42. The van der Waals surface area contributed by atoms with Gasteiger partial charge < -0.3 is 36.5 Å². The van der Waals surface area contributed by atoms with E-state index in [4.69, 9.17) is 11.5 Å². The minimum atomic E-state index is -0.559. The van der Waals surface area contributed by atoms with E-state index in [1.807, 2.05) is 29.2 Å². The predicted molar refractivity (Wildman–Crippen MR) is 215 cm³/mol. The fourth-order valence-electron chi connectivity index (χ4n) is 8.73. The second-order valence-corrected chi connectivity index (χ2v) is 15.9. The van der Waals surface area contributed by atoms with Crippen LogP contribution in [0.15, 0.2) is 48.7 Å². The third-order valence-electron chi connectivity index (χ3n) is 12.0. The van der Waals surface area contributed by atoms with Gasteiger partial charge in [-0.25, -0.2) is 4.98 Å². The molecule has 2 saturated heterocycles. The Hall–Kier alpha value is -5.25. The SMILES string of the molecule is CCc1cc2c(cc1N1CCN(C(=O)CCCN3CC[C@@H](NC(=O)[C@@H](N)CCCc4cccnc4N)C3)CC1)C(C)(C)c1[nH]c3cc(C#N)ccc3c1C2=O. The summed E-state index contributed by atoms with van der Waals surface area (Å²) in [4.78, 5) is 54.4. The molecule has 4 heterocycles. The summed E-state index contributed by atoms with van der Waals surface area (Å²) < 4.78 is 0. The molecular formula is C43H53N9O3. The number of amides is 2. The van der Waals surface area contributed by atoms with Gasteiger partial charge in [-0.2, -0.15) is 5.26 Å². The lowest BCUT2D eigenvalue weighted by Crippen LogP contribution is -2.49. The third-order valence-corrected chi connectivity index (χ3v) is 12.0. The summed E-state index contributed by atoms with van der Waals surface area (Å²) in [6.07, 6.45) is 6.69. The maximum atomic E-state index is 14.1. The lowest BCUT2D eigenvalue weighted by Gasteiger charge is -2.39. The molecule has 2 atom stereocenters. The molecule has 0 bridgehead atoms. The summed E-state index contributed by atoms with van der Waals surface area (Å²) in [6, 6.07) is 15.3. The highest BCUT2D eigenvalue weighted by molar-refractivity contribution is 6.20. The number of rotatable bonds is 12. The number of nitrogens with two attached hydrogens (primary N) is 2. The number of hydrogen-bond donors (Lipinski definition) is 4. The van der Waals surface area contributed by atoms with Gasteiger partial charge in [-0.3, -0.25) is 14.4 Å². The van der Waals surface area contributed by atoms with Crippen LogP contribution < -0.4 is 21.7 Å². The van der Waals surface area contributed by atoms with E-state index < -0.39 is 11.5 Å². The highest BCUT2D eigenvalue weighted by Gasteiger charge is 2.41. The van der Waals surface area contributed by atoms with E-state index >= 15 is 0 Å². The molecular weight excluding hydrogens is 691 g/mol. The summed E-state index contributed by atoms with van der Waals surface area (Å²) in [6.45, 7) is 11.7. The molecule has 2 aromatic carbocycles. The molecule has 55 heavy (non-hydrogen) atoms. The van der Waals surface area contributed by atoms with Gasteiger partial charge in [-0.1, -0.05) is 32.9 Å². The smallest absolute Gasteiger partial charge is 0.237 e. The molecule has 288 valence electrons. The van der Waals surface area contributed by atoms with Crippen molar-refractivity contribution in [1.82, 2.24) is 25.1 Å². The van der Waals surface area contributed by atoms with Crippen LogP contribution in [0.4, 0.5) is 11.5 Å². The van der Waals surface area contributed by atoms with Crippen molar-refractivity contribution in [1.29, 1.82) is 5.26 Å². The zero-order valence-electron chi connectivity index (χ0n) is 32.3. The highest BCUT2D eigenvalue weighted by Crippen LogP contribution is 2.46. The third kappa shape index (κ3) is 7.68. The number of hydrogen-bond acceptors (Lipinski definition) is 9. The second-order valence-electron chi connectivity index (χ2n) is 15.9. The number of pyridine rings is 1. The molecule has 2 aliphatic heterocycles. The Morgan fingerprint density at radius 2 is 1.89 bits per heavy atom. The number of aryl methyl sites for hydroxylation is 2. The van der Waals surface area contributed by atoms with Crippen molar-refractivity contribution in [3.05, 3.63) is 87.7 Å². The average molecular weight is 744 g/mol. The van der Waals surface area contributed by atoms with Crippen molar-refractivity contribution in [2.24, 2.45) is 5.73 Å². The number of H-pyrrole nitrogens is 1. The van der Waals surface area contributed by atoms with Gasteiger partial charge in [-0.15, -0.1) is 0 Å². The summed E-state index contributed by atoms with van der Waals surface area (Å²) in [7, 11) is 0. The van der Waals surface area contributed by atoms with Crippen molar-refractivity contribution in [3.63, 3.8) is 0 Å². The Kier molecular flexibility index (Phi) is 11.0. The van der Waals surface area contributed by atoms with Gasteiger partial charge in [0.05, 0.1) is 23.2 Å². The molecule has 0 radical (unpaired) electrons. The van der Waals surface area contributed by atoms with Gasteiger partial charge in [0.25, 0.3) is 0 Å². The first-order valence-corrected chi connectivity index (χ1v) is 19.8. The molecule has 2 amide bonds. The second kappa shape index (κ2) is 15.8. The van der Waals surface area contributed by atoms with E-state index in [0.717, 1.165) is 109 Å². The van der Waals surface area contributed by atoms with Crippen molar-refractivity contribution in [2.75, 3.05) is 56.4 Å². The molecule has 1 aliphatic carbocycles. The Bertz CT molecular complexity index is 2140. The molecule has 0 spiro atoms. The minimum Gasteiger partial charge on any atom is -0.383 e. The molecule has 2 aromatic heterocycles. The van der Waals surface area contributed by atoms with Crippen molar-refractivity contribution < 1.29 is 14.4 Å². The molecule has 0 saturated carbocycles. The van der Waals surface area contributed by atoms with E-state index in [1.54, 1.807) is 12.3 Å². The van der Waals surface area contributed by atoms with Gasteiger partial charge in [0.2, 0.25) is 11.8 Å². The topological polar surface area (TPSA) is 177 Å². The number of nitrogens with zero attached hydrogens (tertiary/aromatic N) is 5. The monoisotopic (exact) mass is 743 g/mol. The Morgan fingerprint density at radius 3 is 2.64 bits per heavy atom. The number of anilines is 2. The molecule has 3 aliphatic rings. The van der Waals surface area contributed by atoms with Crippen molar-refractivity contribution >= 4 is 40.0 Å². The molecule has 6 N–H and O–H groups in total. The van der Waals surface area contributed by atoms with Crippen LogP contribution in [-0.2, 0) is 27.8 Å². The van der Waals surface area contributed by atoms with E-state index in [0.29, 0.717) is 42.9 Å². The maximum Gasteiger partial charge on any atom is 0.237 e. The summed E-state index contributed by atoms with van der Waals surface area (Å²) in [5.74, 6) is 0.613. The zero-order chi connectivity index (χ0) is 38.9. The summed E-state index contributed by atoms with van der Waals surface area (Å²) in [5.41, 5.74) is 19.6. The fourth-order valence-corrected chi connectivity index (χ4v) is 8.73. The largest absolute Gasteiger partial charge is 0.383 e. The average Bonchev–Trinajstić information content (AvgIpc) is 3.81. The van der Waals surface area contributed by atoms with Crippen molar-refractivity contribution in [2.45, 2.75) is 83.2 Å². The van der Waals surface area contributed by atoms with Gasteiger partial charge in [0.1, 0.15) is 5.82 Å². The molecule has 12 heteroatoms. The van der Waals surface area contributed by atoms with E-state index in [2.05, 4.69) is 64.1 Å². The van der Waals surface area contributed by atoms with Crippen LogP contribution in [0.1, 0.15) is 96.7 Å². The number of nitriles is 1. The summed E-state index contributed by atoms with van der Waals surface area (Å²) in [5, 5.41) is 13.4. The maximum absolute atomic E-state index is 14.1. The van der Waals surface area contributed by atoms with Gasteiger partial charge in [0, 0.05) is 91.2 Å². The Morgan fingerprint density at radius 1 is 1.09 bits per heavy atom. The highest BCUT2D eigenvalue weighted by atomic mass is 16.2. The standard InChI is InChI=1S/C43H53N9O3/c1-4-28-23-32-33(43(2,3)40-38(39(32)54)31-13-12-27(25-44)22-35(31)49-40)24-36(28)51-18-20-52(21-19-51)37(53)11-7-16-50-17-14-30(26-50)48-42(55)34(45)10-5-8-29-9-6-15-47-41(29)46/h6,9,12-13,15,22-24,30,34,49H,4-5,7-8,10-11,14,16-21,26,45H2,1-3H3,(H2,46,47)(H,48,55)/t30-,34+/m1/s1. The van der Waals surface area contributed by atoms with E-state index in [-0.39, 0.29) is 23.6 Å². The number of fused-ring (bicyclic) bond motifs is 4. The number of aromatic amines is 1. The normalized spacial score (nSPS) is 18.5. The molecule has 2 fully saturated rings. The first-order valence-electron chi connectivity index (χ1n) is 19.8. The van der Waals surface area contributed by atoms with Crippen LogP contribution in [0.25, 0.3) is 10.9 Å². The zero-order valence-corrected chi connectivity index (χ0v) is 32.3. The lowest BCUT2D eigenvalue weighted by molar-refractivity contribution is -0.131. The van der Waals surface area contributed by atoms with Crippen molar-refractivity contribution in [3.8, 4) is 6.07 Å². The molecule has 4 aromatic rings. The Balaban J connectivity index is 0.884. The number of piperazine rings is 1. The van der Waals surface area contributed by atoms with Crippen LogP contribution in [0.3, 0.4) is 0 Å². The molecule has 12 nitrogen and oxygen atoms in total.